The summed E-state index contributed by atoms with van der Waals surface area (Å²) < 4.78 is 0. The number of benzene rings is 1. The molecule has 0 aliphatic rings. The summed E-state index contributed by atoms with van der Waals surface area (Å²) in [5.41, 5.74) is 5.40. The maximum absolute atomic E-state index is 10.3. The van der Waals surface area contributed by atoms with E-state index in [9.17, 15) is 4.79 Å². The van der Waals surface area contributed by atoms with Gasteiger partial charge < -0.3 is 15.9 Å². The summed E-state index contributed by atoms with van der Waals surface area (Å²) in [5.74, 6) is 4.21. The molecule has 0 aliphatic carbocycles. The Balaban J connectivity index is 2.81. The van der Waals surface area contributed by atoms with Crippen LogP contribution in [0.25, 0.3) is 0 Å². The molecule has 0 saturated carbocycles. The molecule has 1 rings (SSSR count). The number of aromatic hydroxyl groups is 2. The van der Waals surface area contributed by atoms with Crippen LogP contribution in [0.15, 0.2) is 18.2 Å². The standard InChI is InChI=1S/C10H9NO3/c11-10(14)3-1-2-7-4-5-8(12)9(13)6-7/h4-6,12-13H,3H2,(H2,11,14). The Morgan fingerprint density at radius 1 is 1.36 bits per heavy atom. The van der Waals surface area contributed by atoms with E-state index in [0.717, 1.165) is 0 Å². The molecule has 1 aromatic carbocycles. The third kappa shape index (κ3) is 2.72. The van der Waals surface area contributed by atoms with Gasteiger partial charge in [0.05, 0.1) is 6.42 Å². The molecular weight excluding hydrogens is 182 g/mol. The second-order valence-electron chi connectivity index (χ2n) is 2.65. The molecule has 0 aliphatic heterocycles. The number of carbonyl (C=O) groups is 1. The zero-order chi connectivity index (χ0) is 10.6. The molecule has 0 heterocycles. The number of nitrogens with two attached hydrogens (primary N) is 1. The van der Waals surface area contributed by atoms with Gasteiger partial charge in [-0.1, -0.05) is 11.8 Å². The molecule has 0 atom stereocenters. The Morgan fingerprint density at radius 3 is 2.64 bits per heavy atom. The number of phenols is 2. The van der Waals surface area contributed by atoms with Crippen molar-refractivity contribution in [2.75, 3.05) is 0 Å². The highest BCUT2D eigenvalue weighted by Crippen LogP contribution is 2.24. The van der Waals surface area contributed by atoms with Crippen molar-refractivity contribution in [3.05, 3.63) is 23.8 Å². The molecule has 0 radical (unpaired) electrons. The Kier molecular flexibility index (Phi) is 2.97. The van der Waals surface area contributed by atoms with E-state index < -0.39 is 5.91 Å². The average molecular weight is 191 g/mol. The molecule has 4 heteroatoms. The van der Waals surface area contributed by atoms with E-state index in [1.807, 2.05) is 0 Å². The van der Waals surface area contributed by atoms with Crippen LogP contribution in [0.3, 0.4) is 0 Å². The van der Waals surface area contributed by atoms with Gasteiger partial charge in [0.2, 0.25) is 5.91 Å². The summed E-state index contributed by atoms with van der Waals surface area (Å²) >= 11 is 0. The van der Waals surface area contributed by atoms with Crippen LogP contribution in [0, 0.1) is 11.8 Å². The van der Waals surface area contributed by atoms with Gasteiger partial charge >= 0.3 is 0 Å². The van der Waals surface area contributed by atoms with Gasteiger partial charge in [0.1, 0.15) is 0 Å². The van der Waals surface area contributed by atoms with E-state index in [1.54, 1.807) is 0 Å². The normalized spacial score (nSPS) is 8.86. The largest absolute Gasteiger partial charge is 0.504 e. The first-order valence-electron chi connectivity index (χ1n) is 3.89. The van der Waals surface area contributed by atoms with Gasteiger partial charge in [0.25, 0.3) is 0 Å². The quantitative estimate of drug-likeness (QED) is 0.441. The number of amides is 1. The predicted octanol–water partition coefficient (Wildman–Crippen LogP) is 0.325. The number of hydrogen-bond donors (Lipinski definition) is 3. The smallest absolute Gasteiger partial charge is 0.229 e. The van der Waals surface area contributed by atoms with Crippen LogP contribution in [-0.2, 0) is 4.79 Å². The summed E-state index contributed by atoms with van der Waals surface area (Å²) in [6.45, 7) is 0. The molecule has 0 bridgehead atoms. The Morgan fingerprint density at radius 2 is 2.07 bits per heavy atom. The second-order valence-corrected chi connectivity index (χ2v) is 2.65. The molecule has 0 spiro atoms. The number of rotatable bonds is 1. The van der Waals surface area contributed by atoms with Crippen molar-refractivity contribution in [2.45, 2.75) is 6.42 Å². The van der Waals surface area contributed by atoms with Gasteiger partial charge in [0, 0.05) is 5.56 Å². The minimum Gasteiger partial charge on any atom is -0.504 e. The maximum atomic E-state index is 10.3. The topological polar surface area (TPSA) is 83.6 Å². The van der Waals surface area contributed by atoms with Crippen molar-refractivity contribution < 1.29 is 15.0 Å². The van der Waals surface area contributed by atoms with Crippen LogP contribution < -0.4 is 5.73 Å². The van der Waals surface area contributed by atoms with E-state index in [1.165, 1.54) is 18.2 Å². The maximum Gasteiger partial charge on any atom is 0.229 e. The van der Waals surface area contributed by atoms with Gasteiger partial charge in [-0.25, -0.2) is 0 Å². The second kappa shape index (κ2) is 4.19. The van der Waals surface area contributed by atoms with E-state index in [2.05, 4.69) is 11.8 Å². The average Bonchev–Trinajstić information content (AvgIpc) is 2.10. The van der Waals surface area contributed by atoms with Crippen molar-refractivity contribution in [1.82, 2.24) is 0 Å². The number of hydrogen-bond acceptors (Lipinski definition) is 3. The molecule has 0 aromatic heterocycles. The molecule has 4 N–H and O–H groups in total. The number of phenolic OH excluding ortho intramolecular Hbond substituents is 2. The zero-order valence-electron chi connectivity index (χ0n) is 7.32. The highest BCUT2D eigenvalue weighted by molar-refractivity contribution is 5.76. The summed E-state index contributed by atoms with van der Waals surface area (Å²) in [7, 11) is 0. The summed E-state index contributed by atoms with van der Waals surface area (Å²) in [4.78, 5) is 10.3. The Hall–Kier alpha value is -2.15. The van der Waals surface area contributed by atoms with Crippen LogP contribution in [0.1, 0.15) is 12.0 Å². The first-order chi connectivity index (χ1) is 6.59. The molecule has 1 aromatic rings. The highest BCUT2D eigenvalue weighted by atomic mass is 16.3. The Bertz CT molecular complexity index is 415. The van der Waals surface area contributed by atoms with Gasteiger partial charge in [-0.3, -0.25) is 4.79 Å². The molecule has 0 unspecified atom stereocenters. The summed E-state index contributed by atoms with van der Waals surface area (Å²) in [6.07, 6.45) is -0.0262. The fourth-order valence-electron chi connectivity index (χ4n) is 0.835. The van der Waals surface area contributed by atoms with Crippen LogP contribution in [0.2, 0.25) is 0 Å². The third-order valence-corrected chi connectivity index (χ3v) is 1.47. The lowest BCUT2D eigenvalue weighted by molar-refractivity contribution is -0.117. The monoisotopic (exact) mass is 191 g/mol. The van der Waals surface area contributed by atoms with Gasteiger partial charge in [0.15, 0.2) is 11.5 Å². The summed E-state index contributed by atoms with van der Waals surface area (Å²) in [6, 6.07) is 4.16. The van der Waals surface area contributed by atoms with E-state index in [-0.39, 0.29) is 17.9 Å². The molecule has 14 heavy (non-hydrogen) atoms. The predicted molar refractivity (Wildman–Crippen MR) is 50.5 cm³/mol. The minimum atomic E-state index is -0.500. The summed E-state index contributed by atoms with van der Waals surface area (Å²) in [5, 5.41) is 18.1. The molecule has 4 nitrogen and oxygen atoms in total. The van der Waals surface area contributed by atoms with Crippen molar-refractivity contribution in [3.8, 4) is 23.3 Å². The van der Waals surface area contributed by atoms with Crippen molar-refractivity contribution in [1.29, 1.82) is 0 Å². The van der Waals surface area contributed by atoms with E-state index in [0.29, 0.717) is 5.56 Å². The lowest BCUT2D eigenvalue weighted by Gasteiger charge is -1.96. The van der Waals surface area contributed by atoms with Crippen LogP contribution in [0.4, 0.5) is 0 Å². The van der Waals surface area contributed by atoms with Crippen molar-refractivity contribution >= 4 is 5.91 Å². The fourth-order valence-corrected chi connectivity index (χ4v) is 0.835. The zero-order valence-corrected chi connectivity index (χ0v) is 7.32. The lowest BCUT2D eigenvalue weighted by atomic mass is 10.2. The first kappa shape index (κ1) is 9.93. The van der Waals surface area contributed by atoms with Gasteiger partial charge in [-0.2, -0.15) is 0 Å². The van der Waals surface area contributed by atoms with Crippen LogP contribution >= 0.6 is 0 Å². The third-order valence-electron chi connectivity index (χ3n) is 1.47. The molecule has 72 valence electrons. The van der Waals surface area contributed by atoms with Gasteiger partial charge in [-0.05, 0) is 18.2 Å². The highest BCUT2D eigenvalue weighted by Gasteiger charge is 1.97. The number of primary amides is 1. The van der Waals surface area contributed by atoms with Crippen LogP contribution in [0.5, 0.6) is 11.5 Å². The van der Waals surface area contributed by atoms with Crippen molar-refractivity contribution in [3.63, 3.8) is 0 Å². The molecular formula is C10H9NO3. The first-order valence-corrected chi connectivity index (χ1v) is 3.89. The van der Waals surface area contributed by atoms with Crippen molar-refractivity contribution in [2.24, 2.45) is 5.73 Å². The SMILES string of the molecule is NC(=O)CC#Cc1ccc(O)c(O)c1. The molecule has 1 amide bonds. The van der Waals surface area contributed by atoms with E-state index >= 15 is 0 Å². The Labute approximate surface area is 81.0 Å². The fraction of sp³-hybridized carbons (Fsp3) is 0.100. The van der Waals surface area contributed by atoms with Crippen LogP contribution in [-0.4, -0.2) is 16.1 Å². The lowest BCUT2D eigenvalue weighted by Crippen LogP contribution is -2.08. The van der Waals surface area contributed by atoms with E-state index in [4.69, 9.17) is 15.9 Å². The minimum absolute atomic E-state index is 0.0262. The van der Waals surface area contributed by atoms with Gasteiger partial charge in [-0.15, -0.1) is 0 Å². The number of carbonyl (C=O) groups excluding carboxylic acids is 1. The molecule has 0 fully saturated rings. The molecule has 0 saturated heterocycles.